The molecule has 9 nitrogen and oxygen atoms in total. The van der Waals surface area contributed by atoms with E-state index in [1.54, 1.807) is 17.8 Å². The van der Waals surface area contributed by atoms with Crippen LogP contribution >= 0.6 is 0 Å². The largest absolute Gasteiger partial charge is 0.466 e. The van der Waals surface area contributed by atoms with Crippen LogP contribution in [0.1, 0.15) is 33.0 Å². The van der Waals surface area contributed by atoms with Crippen LogP contribution < -0.4 is 15.6 Å². The molecule has 2 N–H and O–H groups in total. The second kappa shape index (κ2) is 8.78. The number of carbonyl (C=O) groups excluding carboxylic acids is 2. The van der Waals surface area contributed by atoms with Crippen molar-refractivity contribution in [2.75, 3.05) is 6.61 Å². The van der Waals surface area contributed by atoms with E-state index in [4.69, 9.17) is 4.74 Å². The van der Waals surface area contributed by atoms with Gasteiger partial charge in [0, 0.05) is 29.8 Å². The van der Waals surface area contributed by atoms with E-state index in [0.29, 0.717) is 17.1 Å². The highest BCUT2D eigenvalue weighted by Gasteiger charge is 2.18. The second-order valence-electron chi connectivity index (χ2n) is 7.95. The molecule has 0 saturated heterocycles. The van der Waals surface area contributed by atoms with Gasteiger partial charge in [0.1, 0.15) is 0 Å². The predicted octanol–water partition coefficient (Wildman–Crippen LogP) is 2.83. The Morgan fingerprint density at radius 3 is 2.48 bits per heavy atom. The van der Waals surface area contributed by atoms with E-state index in [1.807, 2.05) is 68.7 Å². The number of hydrogen-bond donors (Lipinski definition) is 2. The zero-order chi connectivity index (χ0) is 23.7. The van der Waals surface area contributed by atoms with Gasteiger partial charge in [0.25, 0.3) is 11.8 Å². The first-order valence-electron chi connectivity index (χ1n) is 10.5. The molecular formula is C24H26N6O3. The van der Waals surface area contributed by atoms with Gasteiger partial charge in [0.2, 0.25) is 5.88 Å². The number of hydrogen-bond acceptors (Lipinski definition) is 5. The van der Waals surface area contributed by atoms with Crippen LogP contribution in [-0.2, 0) is 11.8 Å². The van der Waals surface area contributed by atoms with E-state index in [0.717, 1.165) is 33.7 Å². The Morgan fingerprint density at radius 1 is 1.03 bits per heavy atom. The Hall–Kier alpha value is -4.14. The first kappa shape index (κ1) is 22.1. The lowest BCUT2D eigenvalue weighted by molar-refractivity contribution is -0.123. The molecule has 0 aliphatic rings. The molecule has 0 radical (unpaired) electrons. The molecule has 33 heavy (non-hydrogen) atoms. The van der Waals surface area contributed by atoms with Gasteiger partial charge in [-0.15, -0.1) is 5.10 Å². The summed E-state index contributed by atoms with van der Waals surface area (Å²) in [6.07, 6.45) is 0. The Morgan fingerprint density at radius 2 is 1.76 bits per heavy atom. The average Bonchev–Trinajstić information content (AvgIpc) is 3.26. The van der Waals surface area contributed by atoms with Gasteiger partial charge in [0.05, 0.1) is 10.9 Å². The third kappa shape index (κ3) is 4.30. The number of para-hydroxylation sites is 1. The normalized spacial score (nSPS) is 10.9. The SMILES string of the molecule is Cc1cc(C)c2c(OCC(=O)NNC(=O)c3cc(C)n(-c4ccccc4)c3C)nn(C)c2n1. The van der Waals surface area contributed by atoms with Crippen molar-refractivity contribution in [3.8, 4) is 11.6 Å². The molecule has 0 spiro atoms. The van der Waals surface area contributed by atoms with Crippen molar-refractivity contribution < 1.29 is 14.3 Å². The van der Waals surface area contributed by atoms with Crippen LogP contribution in [0, 0.1) is 27.7 Å². The maximum atomic E-state index is 12.7. The van der Waals surface area contributed by atoms with E-state index >= 15 is 0 Å². The highest BCUT2D eigenvalue weighted by molar-refractivity contribution is 5.97. The summed E-state index contributed by atoms with van der Waals surface area (Å²) in [6, 6.07) is 13.5. The van der Waals surface area contributed by atoms with Crippen molar-refractivity contribution in [3.63, 3.8) is 0 Å². The predicted molar refractivity (Wildman–Crippen MR) is 124 cm³/mol. The standard InChI is InChI=1S/C24H26N6O3/c1-14-11-15(2)25-22-21(14)24(28-29(22)5)33-13-20(31)26-27-23(32)19-12-16(3)30(17(19)4)18-9-7-6-8-10-18/h6-12H,13H2,1-5H3,(H,26,31)(H,27,32). The van der Waals surface area contributed by atoms with E-state index in [2.05, 4.69) is 20.9 Å². The number of benzene rings is 1. The van der Waals surface area contributed by atoms with Gasteiger partial charge < -0.3 is 9.30 Å². The van der Waals surface area contributed by atoms with Crippen molar-refractivity contribution >= 4 is 22.8 Å². The molecule has 0 saturated carbocycles. The van der Waals surface area contributed by atoms with E-state index in [1.165, 1.54) is 0 Å². The molecule has 0 bridgehead atoms. The van der Waals surface area contributed by atoms with Gasteiger partial charge in [-0.25, -0.2) is 9.67 Å². The van der Waals surface area contributed by atoms with Crippen molar-refractivity contribution in [2.24, 2.45) is 7.05 Å². The number of pyridine rings is 1. The minimum absolute atomic E-state index is 0.303. The summed E-state index contributed by atoms with van der Waals surface area (Å²) < 4.78 is 9.23. The number of hydrazine groups is 1. The molecule has 3 heterocycles. The number of amides is 2. The molecule has 4 rings (SSSR count). The van der Waals surface area contributed by atoms with E-state index < -0.39 is 11.8 Å². The maximum Gasteiger partial charge on any atom is 0.276 e. The highest BCUT2D eigenvalue weighted by atomic mass is 16.5. The molecule has 4 aromatic rings. The molecule has 0 aliphatic carbocycles. The maximum absolute atomic E-state index is 12.7. The fraction of sp³-hybridized carbons (Fsp3) is 0.250. The lowest BCUT2D eigenvalue weighted by Crippen LogP contribution is -2.44. The monoisotopic (exact) mass is 446 g/mol. The van der Waals surface area contributed by atoms with Gasteiger partial charge >= 0.3 is 0 Å². The summed E-state index contributed by atoms with van der Waals surface area (Å²) in [4.78, 5) is 29.5. The smallest absolute Gasteiger partial charge is 0.276 e. The number of nitrogens with one attached hydrogen (secondary N) is 2. The number of aromatic nitrogens is 4. The average molecular weight is 447 g/mol. The lowest BCUT2D eigenvalue weighted by atomic mass is 10.2. The van der Waals surface area contributed by atoms with Gasteiger partial charge in [0.15, 0.2) is 12.3 Å². The Balaban J connectivity index is 1.40. The van der Waals surface area contributed by atoms with Gasteiger partial charge in [-0.3, -0.25) is 20.4 Å². The van der Waals surface area contributed by atoms with Crippen LogP contribution in [-0.4, -0.2) is 37.8 Å². The van der Waals surface area contributed by atoms with Crippen molar-refractivity contribution in [3.05, 3.63) is 70.7 Å². The molecular weight excluding hydrogens is 420 g/mol. The van der Waals surface area contributed by atoms with Crippen LogP contribution in [0.25, 0.3) is 16.7 Å². The quantitative estimate of drug-likeness (QED) is 0.459. The molecule has 9 heteroatoms. The molecule has 3 aromatic heterocycles. The summed E-state index contributed by atoms with van der Waals surface area (Å²) in [5, 5.41) is 5.08. The minimum Gasteiger partial charge on any atom is -0.466 e. The van der Waals surface area contributed by atoms with Gasteiger partial charge in [-0.2, -0.15) is 0 Å². The zero-order valence-electron chi connectivity index (χ0n) is 19.3. The summed E-state index contributed by atoms with van der Waals surface area (Å²) in [7, 11) is 1.77. The number of aryl methyl sites for hydroxylation is 4. The number of ether oxygens (including phenoxy) is 1. The van der Waals surface area contributed by atoms with Crippen LogP contribution in [0.4, 0.5) is 0 Å². The topological polar surface area (TPSA) is 103 Å². The third-order valence-electron chi connectivity index (χ3n) is 5.43. The van der Waals surface area contributed by atoms with Crippen molar-refractivity contribution in [1.82, 2.24) is 30.2 Å². The lowest BCUT2D eigenvalue weighted by Gasteiger charge is -2.10. The Kier molecular flexibility index (Phi) is 5.87. The molecule has 1 aromatic carbocycles. The van der Waals surface area contributed by atoms with E-state index in [-0.39, 0.29) is 6.61 Å². The molecule has 0 fully saturated rings. The zero-order valence-corrected chi connectivity index (χ0v) is 19.3. The van der Waals surface area contributed by atoms with Crippen molar-refractivity contribution in [1.29, 1.82) is 0 Å². The highest BCUT2D eigenvalue weighted by Crippen LogP contribution is 2.27. The van der Waals surface area contributed by atoms with Crippen LogP contribution in [0.15, 0.2) is 42.5 Å². The summed E-state index contributed by atoms with van der Waals surface area (Å²) >= 11 is 0. The molecule has 2 amide bonds. The summed E-state index contributed by atoms with van der Waals surface area (Å²) in [5.74, 6) is -0.584. The second-order valence-corrected chi connectivity index (χ2v) is 7.95. The molecule has 170 valence electrons. The number of nitrogens with zero attached hydrogens (tertiary/aromatic N) is 4. The molecule has 0 aliphatic heterocycles. The number of rotatable bonds is 5. The number of fused-ring (bicyclic) bond motifs is 1. The fourth-order valence-electron chi connectivity index (χ4n) is 3.98. The van der Waals surface area contributed by atoms with Crippen LogP contribution in [0.3, 0.4) is 0 Å². The first-order chi connectivity index (χ1) is 15.8. The van der Waals surface area contributed by atoms with Gasteiger partial charge in [-0.05, 0) is 57.5 Å². The fourth-order valence-corrected chi connectivity index (χ4v) is 3.98. The third-order valence-corrected chi connectivity index (χ3v) is 5.43. The van der Waals surface area contributed by atoms with Crippen LogP contribution in [0.2, 0.25) is 0 Å². The van der Waals surface area contributed by atoms with E-state index in [9.17, 15) is 9.59 Å². The van der Waals surface area contributed by atoms with Crippen molar-refractivity contribution in [2.45, 2.75) is 27.7 Å². The van der Waals surface area contributed by atoms with Crippen LogP contribution in [0.5, 0.6) is 5.88 Å². The first-order valence-corrected chi connectivity index (χ1v) is 10.5. The Labute approximate surface area is 191 Å². The molecule has 0 atom stereocenters. The molecule has 0 unspecified atom stereocenters. The number of carbonyl (C=O) groups is 2. The summed E-state index contributed by atoms with van der Waals surface area (Å²) in [5.41, 5.74) is 10.5. The Bertz CT molecular complexity index is 1350. The minimum atomic E-state index is -0.503. The van der Waals surface area contributed by atoms with Gasteiger partial charge in [-0.1, -0.05) is 18.2 Å². The summed E-state index contributed by atoms with van der Waals surface area (Å²) in [6.45, 7) is 7.34.